The van der Waals surface area contributed by atoms with Gasteiger partial charge in [-0.25, -0.2) is 4.39 Å². The van der Waals surface area contributed by atoms with Gasteiger partial charge in [0.25, 0.3) is 5.91 Å². The standard InChI is InChI=1S/C22H26FN3O3/c1-26(12-10-18-7-2-3-11-24-18)22(29)16-8-9-20(27)19(14-16)25-21(28)15-5-4-6-17(23)13-15/h2-7,11,13,16,19-20,27H,8-10,12,14H2,1H3,(H,25,28)/t16-,19+,20+/m0/s1. The van der Waals surface area contributed by atoms with Crippen LogP contribution in [0.3, 0.4) is 0 Å². The largest absolute Gasteiger partial charge is 0.391 e. The van der Waals surface area contributed by atoms with Crippen LogP contribution in [0.2, 0.25) is 0 Å². The molecule has 6 nitrogen and oxygen atoms in total. The highest BCUT2D eigenvalue weighted by atomic mass is 19.1. The van der Waals surface area contributed by atoms with E-state index in [-0.39, 0.29) is 17.4 Å². The first-order valence-corrected chi connectivity index (χ1v) is 9.83. The van der Waals surface area contributed by atoms with Gasteiger partial charge in [-0.3, -0.25) is 14.6 Å². The maximum atomic E-state index is 13.4. The van der Waals surface area contributed by atoms with Crippen molar-refractivity contribution >= 4 is 11.8 Å². The number of aliphatic hydroxyl groups excluding tert-OH is 1. The number of rotatable bonds is 6. The van der Waals surface area contributed by atoms with Gasteiger partial charge in [-0.1, -0.05) is 12.1 Å². The number of aliphatic hydroxyl groups is 1. The predicted molar refractivity (Wildman–Crippen MR) is 107 cm³/mol. The Balaban J connectivity index is 1.56. The summed E-state index contributed by atoms with van der Waals surface area (Å²) in [4.78, 5) is 31.2. The maximum absolute atomic E-state index is 13.4. The van der Waals surface area contributed by atoms with Crippen LogP contribution in [-0.2, 0) is 11.2 Å². The summed E-state index contributed by atoms with van der Waals surface area (Å²) in [6.45, 7) is 0.551. The van der Waals surface area contributed by atoms with E-state index in [1.165, 1.54) is 18.2 Å². The first-order valence-electron chi connectivity index (χ1n) is 9.83. The van der Waals surface area contributed by atoms with E-state index in [2.05, 4.69) is 10.3 Å². The Morgan fingerprint density at radius 2 is 2.07 bits per heavy atom. The molecule has 3 rings (SSSR count). The van der Waals surface area contributed by atoms with Gasteiger partial charge in [0.1, 0.15) is 5.82 Å². The van der Waals surface area contributed by atoms with Crippen molar-refractivity contribution in [2.75, 3.05) is 13.6 Å². The number of halogens is 1. The first-order chi connectivity index (χ1) is 13.9. The molecule has 2 amide bonds. The van der Waals surface area contributed by atoms with Crippen LogP contribution in [-0.4, -0.2) is 52.5 Å². The summed E-state index contributed by atoms with van der Waals surface area (Å²) < 4.78 is 13.4. The van der Waals surface area contributed by atoms with E-state index in [0.717, 1.165) is 11.8 Å². The molecule has 2 N–H and O–H groups in total. The number of nitrogens with zero attached hydrogens (tertiary/aromatic N) is 2. The molecule has 1 saturated carbocycles. The minimum absolute atomic E-state index is 0.00200. The molecule has 1 fully saturated rings. The third kappa shape index (κ3) is 5.60. The van der Waals surface area contributed by atoms with Gasteiger partial charge in [-0.05, 0) is 49.6 Å². The molecule has 154 valence electrons. The summed E-state index contributed by atoms with van der Waals surface area (Å²) in [6.07, 6.45) is 3.02. The monoisotopic (exact) mass is 399 g/mol. The van der Waals surface area contributed by atoms with Crippen LogP contribution in [0.15, 0.2) is 48.7 Å². The zero-order chi connectivity index (χ0) is 20.8. The van der Waals surface area contributed by atoms with Crippen LogP contribution in [0.1, 0.15) is 35.3 Å². The van der Waals surface area contributed by atoms with Crippen LogP contribution in [0.5, 0.6) is 0 Å². The molecule has 1 aromatic carbocycles. The summed E-state index contributed by atoms with van der Waals surface area (Å²) in [6, 6.07) is 10.5. The molecule has 7 heteroatoms. The number of pyridine rings is 1. The number of amides is 2. The second kappa shape index (κ2) is 9.60. The molecule has 0 spiro atoms. The topological polar surface area (TPSA) is 82.5 Å². The van der Waals surface area contributed by atoms with Crippen molar-refractivity contribution in [1.29, 1.82) is 0 Å². The molecule has 0 bridgehead atoms. The van der Waals surface area contributed by atoms with Gasteiger partial charge in [-0.2, -0.15) is 0 Å². The summed E-state index contributed by atoms with van der Waals surface area (Å²) in [5, 5.41) is 13.0. The lowest BCUT2D eigenvalue weighted by Gasteiger charge is -2.35. The fourth-order valence-electron chi connectivity index (χ4n) is 3.67. The van der Waals surface area contributed by atoms with Crippen LogP contribution in [0, 0.1) is 11.7 Å². The van der Waals surface area contributed by atoms with Crippen molar-refractivity contribution in [3.8, 4) is 0 Å². The lowest BCUT2D eigenvalue weighted by atomic mass is 9.82. The maximum Gasteiger partial charge on any atom is 0.251 e. The lowest BCUT2D eigenvalue weighted by molar-refractivity contribution is -0.136. The number of carbonyl (C=O) groups is 2. The average molecular weight is 399 g/mol. The number of carbonyl (C=O) groups excluding carboxylic acids is 2. The number of benzene rings is 1. The summed E-state index contributed by atoms with van der Waals surface area (Å²) >= 11 is 0. The fraction of sp³-hybridized carbons (Fsp3) is 0.409. The number of nitrogens with one attached hydrogen (secondary N) is 1. The Labute approximate surface area is 169 Å². The highest BCUT2D eigenvalue weighted by Gasteiger charge is 2.35. The smallest absolute Gasteiger partial charge is 0.251 e. The molecule has 1 aliphatic rings. The number of likely N-dealkylation sites (N-methyl/N-ethyl adjacent to an activating group) is 1. The van der Waals surface area contributed by atoms with E-state index in [9.17, 15) is 19.1 Å². The zero-order valence-corrected chi connectivity index (χ0v) is 16.4. The van der Waals surface area contributed by atoms with Gasteiger partial charge >= 0.3 is 0 Å². The zero-order valence-electron chi connectivity index (χ0n) is 16.4. The van der Waals surface area contributed by atoms with Gasteiger partial charge in [0.05, 0.1) is 12.1 Å². The molecule has 29 heavy (non-hydrogen) atoms. The van der Waals surface area contributed by atoms with Crippen molar-refractivity contribution in [3.05, 3.63) is 65.7 Å². The predicted octanol–water partition coefficient (Wildman–Crippen LogP) is 2.18. The third-order valence-electron chi connectivity index (χ3n) is 5.37. The molecular weight excluding hydrogens is 373 g/mol. The summed E-state index contributed by atoms with van der Waals surface area (Å²) in [7, 11) is 1.76. The Bertz CT molecular complexity index is 846. The highest BCUT2D eigenvalue weighted by Crippen LogP contribution is 2.26. The molecule has 2 aromatic rings. The second-order valence-electron chi connectivity index (χ2n) is 7.50. The number of aromatic nitrogens is 1. The average Bonchev–Trinajstić information content (AvgIpc) is 2.73. The fourth-order valence-corrected chi connectivity index (χ4v) is 3.67. The van der Waals surface area contributed by atoms with E-state index < -0.39 is 23.9 Å². The minimum Gasteiger partial charge on any atom is -0.391 e. The second-order valence-corrected chi connectivity index (χ2v) is 7.50. The van der Waals surface area contributed by atoms with E-state index in [0.29, 0.717) is 32.2 Å². The van der Waals surface area contributed by atoms with E-state index >= 15 is 0 Å². The van der Waals surface area contributed by atoms with Gasteiger partial charge in [-0.15, -0.1) is 0 Å². The number of hydrogen-bond donors (Lipinski definition) is 2. The van der Waals surface area contributed by atoms with Crippen molar-refractivity contribution in [2.24, 2.45) is 5.92 Å². The molecule has 0 unspecified atom stereocenters. The van der Waals surface area contributed by atoms with Crippen molar-refractivity contribution in [1.82, 2.24) is 15.2 Å². The molecule has 3 atom stereocenters. The Kier molecular flexibility index (Phi) is 6.93. The third-order valence-corrected chi connectivity index (χ3v) is 5.37. The Morgan fingerprint density at radius 3 is 2.79 bits per heavy atom. The Morgan fingerprint density at radius 1 is 1.24 bits per heavy atom. The molecule has 0 radical (unpaired) electrons. The van der Waals surface area contributed by atoms with Crippen LogP contribution >= 0.6 is 0 Å². The lowest BCUT2D eigenvalue weighted by Crippen LogP contribution is -2.49. The van der Waals surface area contributed by atoms with E-state index in [4.69, 9.17) is 0 Å². The minimum atomic E-state index is -0.726. The van der Waals surface area contributed by atoms with Crippen LogP contribution < -0.4 is 5.32 Å². The van der Waals surface area contributed by atoms with Gasteiger partial charge in [0, 0.05) is 43.4 Å². The van der Waals surface area contributed by atoms with Gasteiger partial charge in [0.15, 0.2) is 0 Å². The SMILES string of the molecule is CN(CCc1ccccn1)C(=O)[C@H]1CC[C@@H](O)[C@H](NC(=O)c2cccc(F)c2)C1. The molecular formula is C22H26FN3O3. The van der Waals surface area contributed by atoms with Crippen molar-refractivity contribution in [2.45, 2.75) is 37.8 Å². The quantitative estimate of drug-likeness (QED) is 0.780. The van der Waals surface area contributed by atoms with Gasteiger partial charge in [0.2, 0.25) is 5.91 Å². The van der Waals surface area contributed by atoms with E-state index in [1.807, 2.05) is 18.2 Å². The normalized spacial score (nSPS) is 21.4. The molecule has 0 aliphatic heterocycles. The van der Waals surface area contributed by atoms with Crippen molar-refractivity contribution in [3.63, 3.8) is 0 Å². The Hall–Kier alpha value is -2.80. The van der Waals surface area contributed by atoms with E-state index in [1.54, 1.807) is 18.1 Å². The molecule has 1 aliphatic carbocycles. The highest BCUT2D eigenvalue weighted by molar-refractivity contribution is 5.94. The van der Waals surface area contributed by atoms with Crippen LogP contribution in [0.4, 0.5) is 4.39 Å². The molecule has 1 heterocycles. The van der Waals surface area contributed by atoms with Crippen LogP contribution in [0.25, 0.3) is 0 Å². The molecule has 1 aromatic heterocycles. The first kappa shape index (κ1) is 20.9. The summed E-state index contributed by atoms with van der Waals surface area (Å²) in [5.74, 6) is -1.22. The molecule has 0 saturated heterocycles. The van der Waals surface area contributed by atoms with Gasteiger partial charge < -0.3 is 15.3 Å². The number of hydrogen-bond acceptors (Lipinski definition) is 4. The summed E-state index contributed by atoms with van der Waals surface area (Å²) in [5.41, 5.74) is 1.12. The van der Waals surface area contributed by atoms with Crippen molar-refractivity contribution < 1.29 is 19.1 Å².